The molecule has 9 heteroatoms. The van der Waals surface area contributed by atoms with Crippen LogP contribution in [0.5, 0.6) is 5.75 Å². The van der Waals surface area contributed by atoms with Gasteiger partial charge in [-0.2, -0.15) is 18.3 Å². The minimum atomic E-state index is -4.75. The number of carbonyl (C=O) groups is 1. The lowest BCUT2D eigenvalue weighted by Gasteiger charge is -2.21. The number of nitrogens with zero attached hydrogens (tertiary/aromatic N) is 2. The standard InChI is InChI=1S/C18H19ClF3N3O2/c19-13-6-8-14(9-7-13)25-16(18(20,21)22)15(11-24-25)27-17(26)23-10-12-4-2-1-3-5-12/h6-9,11-12H,1-5,10H2,(H,23,26). The van der Waals surface area contributed by atoms with Crippen molar-refractivity contribution in [2.75, 3.05) is 6.54 Å². The van der Waals surface area contributed by atoms with E-state index in [2.05, 4.69) is 10.4 Å². The number of rotatable bonds is 4. The van der Waals surface area contributed by atoms with E-state index in [4.69, 9.17) is 16.3 Å². The Morgan fingerprint density at radius 3 is 2.52 bits per heavy atom. The molecule has 1 aliphatic carbocycles. The molecule has 27 heavy (non-hydrogen) atoms. The number of ether oxygens (including phenoxy) is 1. The molecule has 0 unspecified atom stereocenters. The van der Waals surface area contributed by atoms with Gasteiger partial charge in [0.15, 0.2) is 11.4 Å². The Hall–Kier alpha value is -2.22. The van der Waals surface area contributed by atoms with Gasteiger partial charge < -0.3 is 10.1 Å². The first-order valence-corrected chi connectivity index (χ1v) is 9.09. The smallest absolute Gasteiger partial charge is 0.406 e. The number of aromatic nitrogens is 2. The van der Waals surface area contributed by atoms with E-state index in [1.807, 2.05) is 0 Å². The van der Waals surface area contributed by atoms with E-state index in [9.17, 15) is 18.0 Å². The number of alkyl halides is 3. The topological polar surface area (TPSA) is 56.1 Å². The summed E-state index contributed by atoms with van der Waals surface area (Å²) in [4.78, 5) is 12.0. The minimum absolute atomic E-state index is 0.157. The average Bonchev–Trinajstić information content (AvgIpc) is 3.05. The van der Waals surface area contributed by atoms with Crippen molar-refractivity contribution in [2.24, 2.45) is 5.92 Å². The normalized spacial score (nSPS) is 15.6. The minimum Gasteiger partial charge on any atom is -0.406 e. The van der Waals surface area contributed by atoms with Gasteiger partial charge in [0.1, 0.15) is 0 Å². The van der Waals surface area contributed by atoms with E-state index in [-0.39, 0.29) is 5.69 Å². The molecule has 0 bridgehead atoms. The maximum Gasteiger partial charge on any atom is 0.437 e. The molecule has 0 atom stereocenters. The molecule has 0 aliphatic heterocycles. The molecule has 2 aromatic rings. The lowest BCUT2D eigenvalue weighted by atomic mass is 9.89. The van der Waals surface area contributed by atoms with Crippen LogP contribution >= 0.6 is 11.6 Å². The molecule has 0 spiro atoms. The van der Waals surface area contributed by atoms with Crippen molar-refractivity contribution in [1.29, 1.82) is 0 Å². The summed E-state index contributed by atoms with van der Waals surface area (Å²) in [5.41, 5.74) is -0.998. The van der Waals surface area contributed by atoms with Gasteiger partial charge in [-0.15, -0.1) is 0 Å². The summed E-state index contributed by atoms with van der Waals surface area (Å²) in [5.74, 6) is -0.302. The molecule has 1 aromatic carbocycles. The van der Waals surface area contributed by atoms with Crippen molar-refractivity contribution < 1.29 is 22.7 Å². The average molecular weight is 402 g/mol. The number of benzene rings is 1. The first-order valence-electron chi connectivity index (χ1n) is 8.71. The first kappa shape index (κ1) is 19.5. The summed E-state index contributed by atoms with van der Waals surface area (Å²) in [6.45, 7) is 0.394. The molecule has 0 saturated heterocycles. The number of hydrogen-bond donors (Lipinski definition) is 1. The second-order valence-corrected chi connectivity index (χ2v) is 6.95. The van der Waals surface area contributed by atoms with E-state index in [1.54, 1.807) is 0 Å². The van der Waals surface area contributed by atoms with Gasteiger partial charge in [-0.05, 0) is 43.0 Å². The van der Waals surface area contributed by atoms with Crippen LogP contribution in [-0.2, 0) is 6.18 Å². The fourth-order valence-electron chi connectivity index (χ4n) is 3.20. The van der Waals surface area contributed by atoms with Gasteiger partial charge in [-0.1, -0.05) is 30.9 Å². The molecular formula is C18H19ClF3N3O2. The maximum atomic E-state index is 13.5. The predicted molar refractivity (Wildman–Crippen MR) is 94.2 cm³/mol. The van der Waals surface area contributed by atoms with E-state index in [0.29, 0.717) is 22.2 Å². The lowest BCUT2D eigenvalue weighted by Crippen LogP contribution is -2.32. The van der Waals surface area contributed by atoms with Crippen LogP contribution in [-0.4, -0.2) is 22.4 Å². The summed E-state index contributed by atoms with van der Waals surface area (Å²) in [7, 11) is 0. The zero-order chi connectivity index (χ0) is 19.4. The van der Waals surface area contributed by atoms with E-state index in [1.165, 1.54) is 30.7 Å². The Bertz CT molecular complexity index is 784. The molecule has 5 nitrogen and oxygen atoms in total. The van der Waals surface area contributed by atoms with E-state index in [0.717, 1.165) is 31.9 Å². The summed E-state index contributed by atoms with van der Waals surface area (Å²) >= 11 is 5.77. The van der Waals surface area contributed by atoms with Gasteiger partial charge >= 0.3 is 12.3 Å². The Labute approximate surface area is 159 Å². The van der Waals surface area contributed by atoms with E-state index < -0.39 is 23.7 Å². The second kappa shape index (κ2) is 8.21. The van der Waals surface area contributed by atoms with Crippen LogP contribution in [0.15, 0.2) is 30.5 Å². The molecule has 1 heterocycles. The number of nitrogens with one attached hydrogen (secondary N) is 1. The zero-order valence-electron chi connectivity index (χ0n) is 14.4. The van der Waals surface area contributed by atoms with Crippen molar-refractivity contribution in [3.8, 4) is 11.4 Å². The van der Waals surface area contributed by atoms with Gasteiger partial charge in [0.25, 0.3) is 0 Å². The quantitative estimate of drug-likeness (QED) is 0.764. The van der Waals surface area contributed by atoms with Crippen LogP contribution < -0.4 is 10.1 Å². The van der Waals surface area contributed by atoms with Crippen molar-refractivity contribution in [3.63, 3.8) is 0 Å². The molecule has 0 radical (unpaired) electrons. The molecule has 1 aliphatic rings. The van der Waals surface area contributed by atoms with Crippen molar-refractivity contribution >= 4 is 17.7 Å². The number of amides is 1. The lowest BCUT2D eigenvalue weighted by molar-refractivity contribution is -0.143. The molecule has 1 amide bonds. The van der Waals surface area contributed by atoms with Gasteiger partial charge in [0.05, 0.1) is 11.9 Å². The summed E-state index contributed by atoms with van der Waals surface area (Å²) in [5, 5.41) is 6.67. The van der Waals surface area contributed by atoms with Crippen LogP contribution in [0.2, 0.25) is 5.02 Å². The largest absolute Gasteiger partial charge is 0.437 e. The SMILES string of the molecule is O=C(NCC1CCCCC1)Oc1cnn(-c2ccc(Cl)cc2)c1C(F)(F)F. The molecule has 1 N–H and O–H groups in total. The fraction of sp³-hybridized carbons (Fsp3) is 0.444. The molecule has 1 saturated carbocycles. The van der Waals surface area contributed by atoms with Crippen LogP contribution in [0.1, 0.15) is 37.8 Å². The molecule has 146 valence electrons. The Kier molecular flexibility index (Phi) is 5.94. The van der Waals surface area contributed by atoms with Crippen molar-refractivity contribution in [1.82, 2.24) is 15.1 Å². The van der Waals surface area contributed by atoms with E-state index >= 15 is 0 Å². The number of carbonyl (C=O) groups excluding carboxylic acids is 1. The Balaban J connectivity index is 1.74. The maximum absolute atomic E-state index is 13.5. The molecular weight excluding hydrogens is 383 g/mol. The third kappa shape index (κ3) is 4.94. The zero-order valence-corrected chi connectivity index (χ0v) is 15.2. The highest BCUT2D eigenvalue weighted by molar-refractivity contribution is 6.30. The van der Waals surface area contributed by atoms with Crippen molar-refractivity contribution in [3.05, 3.63) is 41.2 Å². The summed E-state index contributed by atoms with van der Waals surface area (Å²) < 4.78 is 46.2. The van der Waals surface area contributed by atoms with Gasteiger partial charge in [0, 0.05) is 11.6 Å². The summed E-state index contributed by atoms with van der Waals surface area (Å²) in [6.07, 6.45) is 0.611. The van der Waals surface area contributed by atoms with Gasteiger partial charge in [-0.25, -0.2) is 9.48 Å². The van der Waals surface area contributed by atoms with Crippen LogP contribution in [0.25, 0.3) is 5.69 Å². The second-order valence-electron chi connectivity index (χ2n) is 6.52. The highest BCUT2D eigenvalue weighted by Crippen LogP contribution is 2.37. The Morgan fingerprint density at radius 1 is 1.22 bits per heavy atom. The highest BCUT2D eigenvalue weighted by atomic mass is 35.5. The molecule has 1 aromatic heterocycles. The number of halogens is 4. The molecule has 3 rings (SSSR count). The first-order chi connectivity index (χ1) is 12.8. The highest BCUT2D eigenvalue weighted by Gasteiger charge is 2.40. The van der Waals surface area contributed by atoms with Crippen molar-refractivity contribution in [2.45, 2.75) is 38.3 Å². The molecule has 1 fully saturated rings. The third-order valence-electron chi connectivity index (χ3n) is 4.54. The van der Waals surface area contributed by atoms with Gasteiger partial charge in [-0.3, -0.25) is 0 Å². The predicted octanol–water partition coefficient (Wildman–Crippen LogP) is 5.21. The van der Waals surface area contributed by atoms with Gasteiger partial charge in [0.2, 0.25) is 0 Å². The fourth-order valence-corrected chi connectivity index (χ4v) is 3.33. The van der Waals surface area contributed by atoms with Crippen LogP contribution in [0.3, 0.4) is 0 Å². The Morgan fingerprint density at radius 2 is 1.89 bits per heavy atom. The number of hydrogen-bond acceptors (Lipinski definition) is 3. The third-order valence-corrected chi connectivity index (χ3v) is 4.79. The van der Waals surface area contributed by atoms with Crippen LogP contribution in [0, 0.1) is 5.92 Å². The monoisotopic (exact) mass is 401 g/mol. The van der Waals surface area contributed by atoms with Crippen LogP contribution in [0.4, 0.5) is 18.0 Å². The summed E-state index contributed by atoms with van der Waals surface area (Å²) in [6, 6.07) is 5.71.